The summed E-state index contributed by atoms with van der Waals surface area (Å²) in [5.41, 5.74) is 3.25. The third-order valence-electron chi connectivity index (χ3n) is 5.12. The average molecular weight is 236 g/mol. The van der Waals surface area contributed by atoms with Crippen LogP contribution in [0.1, 0.15) is 49.1 Å². The Hall–Kier alpha value is -1.30. The van der Waals surface area contributed by atoms with Crippen LogP contribution in [0.4, 0.5) is 0 Å². The lowest BCUT2D eigenvalue weighted by molar-refractivity contribution is 0.295. The van der Waals surface area contributed by atoms with Crippen molar-refractivity contribution in [2.75, 3.05) is 0 Å². The van der Waals surface area contributed by atoms with Gasteiger partial charge in [-0.25, -0.2) is 0 Å². The molecule has 0 saturated heterocycles. The van der Waals surface area contributed by atoms with Crippen molar-refractivity contribution in [2.45, 2.75) is 44.4 Å². The molecule has 92 valence electrons. The summed E-state index contributed by atoms with van der Waals surface area (Å²) in [6, 6.07) is 13.8. The van der Waals surface area contributed by atoms with E-state index in [1.807, 2.05) is 0 Å². The number of fused-ring (bicyclic) bond motifs is 2. The van der Waals surface area contributed by atoms with E-state index in [0.717, 1.165) is 11.8 Å². The van der Waals surface area contributed by atoms with E-state index >= 15 is 0 Å². The first-order valence-corrected chi connectivity index (χ1v) is 7.44. The van der Waals surface area contributed by atoms with Gasteiger partial charge in [-0.3, -0.25) is 0 Å². The summed E-state index contributed by atoms with van der Waals surface area (Å²) in [6.45, 7) is 0. The molecule has 0 amide bonds. The van der Waals surface area contributed by atoms with Gasteiger partial charge in [-0.1, -0.05) is 49.2 Å². The zero-order valence-electron chi connectivity index (χ0n) is 10.9. The van der Waals surface area contributed by atoms with Crippen LogP contribution in [-0.4, -0.2) is 0 Å². The first kappa shape index (κ1) is 10.6. The van der Waals surface area contributed by atoms with Gasteiger partial charge in [0.05, 0.1) is 0 Å². The van der Waals surface area contributed by atoms with Crippen molar-refractivity contribution >= 4 is 10.8 Å². The summed E-state index contributed by atoms with van der Waals surface area (Å²) >= 11 is 0. The van der Waals surface area contributed by atoms with Gasteiger partial charge in [0.2, 0.25) is 0 Å². The van der Waals surface area contributed by atoms with E-state index < -0.39 is 0 Å². The van der Waals surface area contributed by atoms with E-state index in [1.165, 1.54) is 43.9 Å². The molecule has 2 aromatic carbocycles. The zero-order chi connectivity index (χ0) is 11.9. The minimum absolute atomic E-state index is 0.839. The van der Waals surface area contributed by atoms with Crippen molar-refractivity contribution in [2.24, 2.45) is 5.92 Å². The van der Waals surface area contributed by atoms with E-state index in [-0.39, 0.29) is 0 Å². The van der Waals surface area contributed by atoms with Crippen LogP contribution in [0.2, 0.25) is 0 Å². The fraction of sp³-hybridized carbons (Fsp3) is 0.444. The smallest absolute Gasteiger partial charge is 0.0117 e. The molecule has 2 aromatic rings. The largest absolute Gasteiger partial charge is 0.0614 e. The molecule has 0 radical (unpaired) electrons. The van der Waals surface area contributed by atoms with Gasteiger partial charge in [0.25, 0.3) is 0 Å². The SMILES string of the molecule is c1cc2c3c(cccc3c1)C1CCCCC1CC2. The zero-order valence-corrected chi connectivity index (χ0v) is 10.9. The summed E-state index contributed by atoms with van der Waals surface area (Å²) in [5, 5.41) is 3.05. The van der Waals surface area contributed by atoms with Crippen LogP contribution in [-0.2, 0) is 6.42 Å². The quantitative estimate of drug-likeness (QED) is 0.599. The van der Waals surface area contributed by atoms with Crippen LogP contribution < -0.4 is 0 Å². The number of benzene rings is 2. The van der Waals surface area contributed by atoms with Crippen LogP contribution in [0, 0.1) is 5.92 Å². The van der Waals surface area contributed by atoms with E-state index in [0.29, 0.717) is 0 Å². The summed E-state index contributed by atoms with van der Waals surface area (Å²) in [4.78, 5) is 0. The van der Waals surface area contributed by atoms with Crippen molar-refractivity contribution in [3.8, 4) is 0 Å². The van der Waals surface area contributed by atoms with Crippen LogP contribution in [0.3, 0.4) is 0 Å². The maximum atomic E-state index is 2.40. The first-order valence-electron chi connectivity index (χ1n) is 7.44. The molecule has 2 aliphatic carbocycles. The molecule has 1 saturated carbocycles. The Labute approximate surface area is 109 Å². The Morgan fingerprint density at radius 1 is 0.833 bits per heavy atom. The molecule has 0 aromatic heterocycles. The Kier molecular flexibility index (Phi) is 2.43. The fourth-order valence-corrected chi connectivity index (χ4v) is 4.27. The van der Waals surface area contributed by atoms with Gasteiger partial charge in [0, 0.05) is 0 Å². The minimum Gasteiger partial charge on any atom is -0.0614 e. The summed E-state index contributed by atoms with van der Waals surface area (Å²) in [5.74, 6) is 1.78. The van der Waals surface area contributed by atoms with Gasteiger partial charge in [0.15, 0.2) is 0 Å². The van der Waals surface area contributed by atoms with Crippen LogP contribution >= 0.6 is 0 Å². The summed E-state index contributed by atoms with van der Waals surface area (Å²) < 4.78 is 0. The van der Waals surface area contributed by atoms with Crippen molar-refractivity contribution in [1.82, 2.24) is 0 Å². The average Bonchev–Trinajstić information content (AvgIpc) is 2.60. The molecule has 2 unspecified atom stereocenters. The van der Waals surface area contributed by atoms with Gasteiger partial charge in [0.1, 0.15) is 0 Å². The van der Waals surface area contributed by atoms with Gasteiger partial charge in [-0.2, -0.15) is 0 Å². The lowest BCUT2D eigenvalue weighted by atomic mass is 9.74. The molecule has 2 aliphatic rings. The van der Waals surface area contributed by atoms with Gasteiger partial charge < -0.3 is 0 Å². The first-order chi connectivity index (χ1) is 8.93. The number of aryl methyl sites for hydroxylation is 1. The summed E-state index contributed by atoms with van der Waals surface area (Å²) in [6.07, 6.45) is 8.44. The third kappa shape index (κ3) is 1.51. The van der Waals surface area contributed by atoms with E-state index in [9.17, 15) is 0 Å². The molecule has 0 N–H and O–H groups in total. The topological polar surface area (TPSA) is 0 Å². The normalized spacial score (nSPS) is 26.7. The number of rotatable bonds is 0. The highest BCUT2D eigenvalue weighted by Gasteiger charge is 2.30. The molecular weight excluding hydrogens is 216 g/mol. The highest BCUT2D eigenvalue weighted by Crippen LogP contribution is 2.45. The second kappa shape index (κ2) is 4.12. The highest BCUT2D eigenvalue weighted by molar-refractivity contribution is 5.89. The molecule has 0 aliphatic heterocycles. The Bertz CT molecular complexity index is 576. The third-order valence-corrected chi connectivity index (χ3v) is 5.12. The Morgan fingerprint density at radius 3 is 2.61 bits per heavy atom. The fourth-order valence-electron chi connectivity index (χ4n) is 4.27. The molecule has 0 heteroatoms. The molecule has 0 heterocycles. The molecule has 1 fully saturated rings. The molecule has 18 heavy (non-hydrogen) atoms. The van der Waals surface area contributed by atoms with Crippen LogP contribution in [0.15, 0.2) is 36.4 Å². The maximum absolute atomic E-state index is 2.40. The predicted octanol–water partition coefficient (Wildman–Crippen LogP) is 5.06. The maximum Gasteiger partial charge on any atom is -0.0117 e. The number of hydrogen-bond acceptors (Lipinski definition) is 0. The monoisotopic (exact) mass is 236 g/mol. The second-order valence-corrected chi connectivity index (χ2v) is 6.05. The van der Waals surface area contributed by atoms with Crippen molar-refractivity contribution in [3.63, 3.8) is 0 Å². The van der Waals surface area contributed by atoms with E-state index in [4.69, 9.17) is 0 Å². The molecule has 2 atom stereocenters. The molecule has 0 nitrogen and oxygen atoms in total. The molecule has 0 spiro atoms. The molecule has 4 rings (SSSR count). The van der Waals surface area contributed by atoms with E-state index in [1.54, 1.807) is 16.5 Å². The van der Waals surface area contributed by atoms with Crippen LogP contribution in [0.5, 0.6) is 0 Å². The highest BCUT2D eigenvalue weighted by atomic mass is 14.3. The van der Waals surface area contributed by atoms with Crippen molar-refractivity contribution in [1.29, 1.82) is 0 Å². The lowest BCUT2D eigenvalue weighted by Gasteiger charge is -2.31. The van der Waals surface area contributed by atoms with Gasteiger partial charge in [-0.05, 0) is 59.4 Å². The minimum atomic E-state index is 0.839. The summed E-state index contributed by atoms with van der Waals surface area (Å²) in [7, 11) is 0. The lowest BCUT2D eigenvalue weighted by Crippen LogP contribution is -2.17. The molecule has 0 bridgehead atoms. The van der Waals surface area contributed by atoms with Crippen molar-refractivity contribution in [3.05, 3.63) is 47.5 Å². The van der Waals surface area contributed by atoms with Gasteiger partial charge in [-0.15, -0.1) is 0 Å². The second-order valence-electron chi connectivity index (χ2n) is 6.05. The van der Waals surface area contributed by atoms with Crippen molar-refractivity contribution < 1.29 is 0 Å². The Balaban J connectivity index is 1.98. The van der Waals surface area contributed by atoms with Crippen LogP contribution in [0.25, 0.3) is 10.8 Å². The van der Waals surface area contributed by atoms with E-state index in [2.05, 4.69) is 36.4 Å². The standard InChI is InChI=1S/C18H20/c1-2-9-16-13(5-1)11-12-15-7-3-6-14-8-4-10-17(16)18(14)15/h3-4,6-8,10,13,16H,1-2,5,9,11-12H2. The molecular formula is C18H20. The Morgan fingerprint density at radius 2 is 1.67 bits per heavy atom. The predicted molar refractivity (Wildman–Crippen MR) is 77.0 cm³/mol. The van der Waals surface area contributed by atoms with Gasteiger partial charge >= 0.3 is 0 Å². The number of hydrogen-bond donors (Lipinski definition) is 0.